The fourth-order valence-electron chi connectivity index (χ4n) is 2.13. The maximum atomic E-state index is 2.30. The lowest BCUT2D eigenvalue weighted by Gasteiger charge is -2.15. The second-order valence-corrected chi connectivity index (χ2v) is 3.95. The van der Waals surface area contributed by atoms with Crippen LogP contribution in [0, 0.1) is 6.92 Å². The molecule has 0 saturated heterocycles. The molecule has 0 amide bonds. The van der Waals surface area contributed by atoms with E-state index in [0.29, 0.717) is 5.41 Å². The van der Waals surface area contributed by atoms with E-state index in [2.05, 4.69) is 38.1 Å². The monoisotopic (exact) mass is 255 g/mol. The van der Waals surface area contributed by atoms with Crippen LogP contribution in [0.4, 0.5) is 0 Å². The summed E-state index contributed by atoms with van der Waals surface area (Å²) in [6.07, 6.45) is 4.10. The Kier molecular flexibility index (Phi) is 13.9. The van der Waals surface area contributed by atoms with Gasteiger partial charge in [-0.15, -0.1) is 0 Å². The minimum absolute atomic E-state index is 0. The fraction of sp³-hybridized carbons (Fsp3) is 0.625. The third-order valence-corrected chi connectivity index (χ3v) is 3.25. The van der Waals surface area contributed by atoms with Crippen LogP contribution >= 0.6 is 0 Å². The lowest BCUT2D eigenvalue weighted by atomic mass is 9.90. The molecular formula is C16H33NO. The zero-order chi connectivity index (χ0) is 12.6. The van der Waals surface area contributed by atoms with E-state index in [1.165, 1.54) is 24.8 Å². The van der Waals surface area contributed by atoms with Crippen LogP contribution in [0.2, 0.25) is 0 Å². The van der Waals surface area contributed by atoms with Gasteiger partial charge < -0.3 is 11.6 Å². The van der Waals surface area contributed by atoms with Crippen LogP contribution < -0.4 is 6.15 Å². The van der Waals surface area contributed by atoms with Gasteiger partial charge in [0, 0.05) is 0 Å². The first-order valence-electron chi connectivity index (χ1n) is 6.85. The summed E-state index contributed by atoms with van der Waals surface area (Å²) in [6.45, 7) is 12.5. The molecule has 1 aromatic carbocycles. The van der Waals surface area contributed by atoms with E-state index in [1.54, 1.807) is 5.56 Å². The fourth-order valence-corrected chi connectivity index (χ4v) is 2.13. The topological polar surface area (TPSA) is 66.5 Å². The lowest BCUT2D eigenvalue weighted by molar-refractivity contribution is 0.659. The normalized spacial score (nSPS) is 13.4. The molecule has 5 N–H and O–H groups in total. The van der Waals surface area contributed by atoms with Gasteiger partial charge in [0.2, 0.25) is 0 Å². The minimum Gasteiger partial charge on any atom is -0.412 e. The average molecular weight is 255 g/mol. The Morgan fingerprint density at radius 3 is 1.78 bits per heavy atom. The largest absolute Gasteiger partial charge is 0.412 e. The van der Waals surface area contributed by atoms with Crippen LogP contribution in [0.25, 0.3) is 0 Å². The van der Waals surface area contributed by atoms with Crippen LogP contribution in [0.1, 0.15) is 65.0 Å². The molecule has 0 aliphatic heterocycles. The first-order valence-corrected chi connectivity index (χ1v) is 6.85. The highest BCUT2D eigenvalue weighted by Gasteiger charge is 2.42. The highest BCUT2D eigenvalue weighted by Crippen LogP contribution is 2.51. The Bertz CT molecular complexity index is 293. The van der Waals surface area contributed by atoms with Crippen molar-refractivity contribution in [2.45, 2.75) is 66.2 Å². The Hall–Kier alpha value is -0.860. The molecule has 2 heteroatoms. The summed E-state index contributed by atoms with van der Waals surface area (Å²) < 4.78 is 0. The quantitative estimate of drug-likeness (QED) is 0.808. The van der Waals surface area contributed by atoms with Crippen LogP contribution in [-0.2, 0) is 5.41 Å². The Balaban J connectivity index is -0.000000344. The van der Waals surface area contributed by atoms with Gasteiger partial charge in [0.15, 0.2) is 0 Å². The predicted molar refractivity (Wildman–Crippen MR) is 83.7 cm³/mol. The summed E-state index contributed by atoms with van der Waals surface area (Å²) >= 11 is 0. The molecule has 0 atom stereocenters. The molecule has 1 fully saturated rings. The van der Waals surface area contributed by atoms with Crippen molar-refractivity contribution in [1.29, 1.82) is 0 Å². The van der Waals surface area contributed by atoms with Gasteiger partial charge in [-0.1, -0.05) is 58.9 Å². The van der Waals surface area contributed by atoms with Crippen LogP contribution in [0.3, 0.4) is 0 Å². The van der Waals surface area contributed by atoms with Crippen molar-refractivity contribution in [2.75, 3.05) is 0 Å². The predicted octanol–water partition coefficient (Wildman–Crippen LogP) is 4.83. The molecule has 1 aliphatic carbocycles. The Labute approximate surface area is 114 Å². The molecule has 2 nitrogen and oxygen atoms in total. The zero-order valence-electron chi connectivity index (χ0n) is 13.1. The summed E-state index contributed by atoms with van der Waals surface area (Å²) in [5, 5.41) is 0. The van der Waals surface area contributed by atoms with E-state index in [4.69, 9.17) is 0 Å². The Morgan fingerprint density at radius 1 is 1.00 bits per heavy atom. The summed E-state index contributed by atoms with van der Waals surface area (Å²) in [5.41, 5.74) is 3.63. The Morgan fingerprint density at radius 2 is 1.44 bits per heavy atom. The van der Waals surface area contributed by atoms with E-state index < -0.39 is 0 Å². The van der Waals surface area contributed by atoms with Crippen molar-refractivity contribution in [1.82, 2.24) is 6.15 Å². The number of hydrogen-bond donors (Lipinski definition) is 1. The van der Waals surface area contributed by atoms with Crippen LogP contribution in [0.15, 0.2) is 24.3 Å². The molecule has 108 valence electrons. The maximum absolute atomic E-state index is 2.30. The van der Waals surface area contributed by atoms with Crippen molar-refractivity contribution in [2.24, 2.45) is 0 Å². The number of rotatable bonds is 2. The average Bonchev–Trinajstić information content (AvgIpc) is 3.16. The number of hydrogen-bond acceptors (Lipinski definition) is 1. The van der Waals surface area contributed by atoms with E-state index in [0.717, 1.165) is 0 Å². The molecule has 0 heterocycles. The maximum Gasteiger partial charge on any atom is -0.00463 e. The molecule has 0 unspecified atom stereocenters. The number of benzene rings is 1. The summed E-state index contributed by atoms with van der Waals surface area (Å²) in [6, 6.07) is 8.82. The molecular weight excluding hydrogens is 222 g/mol. The molecule has 18 heavy (non-hydrogen) atoms. The molecule has 0 aromatic heterocycles. The van der Waals surface area contributed by atoms with Gasteiger partial charge in [-0.25, -0.2) is 0 Å². The molecule has 0 radical (unpaired) electrons. The first kappa shape index (κ1) is 22.3. The summed E-state index contributed by atoms with van der Waals surface area (Å²) in [7, 11) is 0. The molecule has 2 rings (SSSR count). The van der Waals surface area contributed by atoms with Gasteiger partial charge in [-0.2, -0.15) is 0 Å². The van der Waals surface area contributed by atoms with Crippen molar-refractivity contribution in [3.63, 3.8) is 0 Å². The van der Waals surface area contributed by atoms with Crippen molar-refractivity contribution in [3.8, 4) is 0 Å². The third-order valence-electron chi connectivity index (χ3n) is 3.25. The zero-order valence-corrected chi connectivity index (χ0v) is 13.1. The van der Waals surface area contributed by atoms with Gasteiger partial charge in [0.25, 0.3) is 0 Å². The standard InChI is InChI=1S/C12H16.2C2H6.H3N.H2O/c1-3-12(8-9-12)11-7-5-4-6-10(11)2;2*1-2;;/h4-7H,3,8-9H2,1-2H3;2*1-2H3;1H3;1H2. The SMILES string of the molecule is CC.CC.CCC1(c2ccccc2C)CC1.N.O. The van der Waals surface area contributed by atoms with Crippen LogP contribution in [0.5, 0.6) is 0 Å². The van der Waals surface area contributed by atoms with E-state index in [-0.39, 0.29) is 11.6 Å². The molecule has 0 bridgehead atoms. The van der Waals surface area contributed by atoms with Gasteiger partial charge >= 0.3 is 0 Å². The molecule has 1 aromatic rings. The third kappa shape index (κ3) is 5.19. The molecule has 1 saturated carbocycles. The van der Waals surface area contributed by atoms with E-state index in [9.17, 15) is 0 Å². The minimum atomic E-state index is 0. The van der Waals surface area contributed by atoms with E-state index in [1.807, 2.05) is 27.7 Å². The van der Waals surface area contributed by atoms with E-state index >= 15 is 0 Å². The van der Waals surface area contributed by atoms with Crippen molar-refractivity contribution < 1.29 is 5.48 Å². The first-order chi connectivity index (χ1) is 7.78. The van der Waals surface area contributed by atoms with Crippen LogP contribution in [-0.4, -0.2) is 5.48 Å². The smallest absolute Gasteiger partial charge is 0.00463 e. The number of aryl methyl sites for hydroxylation is 1. The van der Waals surface area contributed by atoms with Gasteiger partial charge in [0.1, 0.15) is 0 Å². The summed E-state index contributed by atoms with van der Waals surface area (Å²) in [4.78, 5) is 0. The second kappa shape index (κ2) is 11.2. The van der Waals surface area contributed by atoms with Gasteiger partial charge in [-0.05, 0) is 42.7 Å². The van der Waals surface area contributed by atoms with Crippen molar-refractivity contribution in [3.05, 3.63) is 35.4 Å². The van der Waals surface area contributed by atoms with Gasteiger partial charge in [0.05, 0.1) is 0 Å². The lowest BCUT2D eigenvalue weighted by Crippen LogP contribution is -2.05. The highest BCUT2D eigenvalue weighted by atomic mass is 16.0. The van der Waals surface area contributed by atoms with Crippen molar-refractivity contribution >= 4 is 0 Å². The molecule has 1 aliphatic rings. The second-order valence-electron chi connectivity index (χ2n) is 3.95. The highest BCUT2D eigenvalue weighted by molar-refractivity contribution is 5.37. The van der Waals surface area contributed by atoms with Gasteiger partial charge in [-0.3, -0.25) is 0 Å². The summed E-state index contributed by atoms with van der Waals surface area (Å²) in [5.74, 6) is 0. The molecule has 0 spiro atoms.